The summed E-state index contributed by atoms with van der Waals surface area (Å²) in [4.78, 5) is 33.9. The average molecular weight is 387 g/mol. The molecule has 2 aromatic heterocycles. The summed E-state index contributed by atoms with van der Waals surface area (Å²) in [6.07, 6.45) is 2.42. The van der Waals surface area contributed by atoms with E-state index in [0.29, 0.717) is 13.1 Å². The third-order valence-electron chi connectivity index (χ3n) is 5.21. The van der Waals surface area contributed by atoms with E-state index in [1.165, 1.54) is 24.2 Å². The van der Waals surface area contributed by atoms with Crippen LogP contribution in [-0.4, -0.2) is 65.0 Å². The Morgan fingerprint density at radius 3 is 2.26 bits per heavy atom. The van der Waals surface area contributed by atoms with E-state index in [9.17, 15) is 4.79 Å². The van der Waals surface area contributed by atoms with Crippen molar-refractivity contribution in [2.75, 3.05) is 49.1 Å². The monoisotopic (exact) mass is 386 g/mol. The molecule has 2 fully saturated rings. The van der Waals surface area contributed by atoms with Gasteiger partial charge in [0.1, 0.15) is 10.7 Å². The minimum atomic E-state index is 0.106. The van der Waals surface area contributed by atoms with E-state index in [1.807, 2.05) is 31.7 Å². The number of aromatic nitrogens is 3. The fourth-order valence-electron chi connectivity index (χ4n) is 3.77. The lowest BCUT2D eigenvalue weighted by atomic mass is 10.2. The molecule has 144 valence electrons. The Labute approximate surface area is 164 Å². The van der Waals surface area contributed by atoms with Crippen molar-refractivity contribution in [3.05, 3.63) is 27.3 Å². The molecule has 2 aliphatic heterocycles. The molecule has 4 heterocycles. The van der Waals surface area contributed by atoms with Gasteiger partial charge >= 0.3 is 0 Å². The number of rotatable bonds is 3. The number of hydrogen-bond acceptors (Lipinski definition) is 7. The molecular weight excluding hydrogens is 360 g/mol. The van der Waals surface area contributed by atoms with Gasteiger partial charge in [-0.05, 0) is 33.6 Å². The summed E-state index contributed by atoms with van der Waals surface area (Å²) in [6, 6.07) is 2.05. The van der Waals surface area contributed by atoms with Crippen molar-refractivity contribution in [3.63, 3.8) is 0 Å². The normalized spacial score (nSPS) is 17.7. The first-order valence-corrected chi connectivity index (χ1v) is 10.4. The quantitative estimate of drug-likeness (QED) is 0.807. The summed E-state index contributed by atoms with van der Waals surface area (Å²) in [5, 5.41) is 0.945. The largest absolute Gasteiger partial charge is 0.353 e. The van der Waals surface area contributed by atoms with Crippen molar-refractivity contribution in [2.45, 2.75) is 33.6 Å². The second-order valence-corrected chi connectivity index (χ2v) is 8.49. The Hall–Kier alpha value is -2.22. The predicted molar refractivity (Wildman–Crippen MR) is 108 cm³/mol. The molecular formula is C19H26N6OS. The predicted octanol–water partition coefficient (Wildman–Crippen LogP) is 2.42. The molecule has 2 aromatic rings. The van der Waals surface area contributed by atoms with Gasteiger partial charge in [0.05, 0.1) is 10.7 Å². The van der Waals surface area contributed by atoms with Crippen LogP contribution < -0.4 is 9.80 Å². The zero-order valence-corrected chi connectivity index (χ0v) is 17.1. The molecule has 8 heteroatoms. The van der Waals surface area contributed by atoms with Crippen molar-refractivity contribution in [3.8, 4) is 0 Å². The Bertz CT molecular complexity index is 837. The molecule has 7 nitrogen and oxygen atoms in total. The van der Waals surface area contributed by atoms with E-state index >= 15 is 0 Å². The van der Waals surface area contributed by atoms with Gasteiger partial charge in [-0.25, -0.2) is 9.97 Å². The fourth-order valence-corrected chi connectivity index (χ4v) is 4.66. The lowest BCUT2D eigenvalue weighted by Crippen LogP contribution is -2.49. The van der Waals surface area contributed by atoms with Crippen molar-refractivity contribution >= 4 is 29.0 Å². The molecule has 1 amide bonds. The van der Waals surface area contributed by atoms with Crippen LogP contribution in [0.4, 0.5) is 11.8 Å². The van der Waals surface area contributed by atoms with Crippen LogP contribution in [0.25, 0.3) is 0 Å². The first kappa shape index (κ1) is 18.2. The zero-order valence-electron chi connectivity index (χ0n) is 16.2. The van der Waals surface area contributed by atoms with E-state index in [-0.39, 0.29) is 5.91 Å². The number of hydrogen-bond donors (Lipinski definition) is 0. The number of carbonyl (C=O) groups is 1. The molecule has 0 bridgehead atoms. The Morgan fingerprint density at radius 2 is 1.63 bits per heavy atom. The highest BCUT2D eigenvalue weighted by molar-refractivity contribution is 7.13. The topological polar surface area (TPSA) is 65.5 Å². The first-order valence-electron chi connectivity index (χ1n) is 9.60. The van der Waals surface area contributed by atoms with E-state index in [0.717, 1.165) is 59.2 Å². The summed E-state index contributed by atoms with van der Waals surface area (Å²) >= 11 is 1.49. The number of amides is 1. The number of anilines is 2. The van der Waals surface area contributed by atoms with Crippen LogP contribution in [0.2, 0.25) is 0 Å². The van der Waals surface area contributed by atoms with Gasteiger partial charge in [-0.2, -0.15) is 4.98 Å². The molecule has 0 atom stereocenters. The molecule has 4 rings (SSSR count). The molecule has 0 aliphatic carbocycles. The van der Waals surface area contributed by atoms with Crippen molar-refractivity contribution in [2.24, 2.45) is 0 Å². The highest BCUT2D eigenvalue weighted by Gasteiger charge is 2.26. The third-order valence-corrected chi connectivity index (χ3v) is 6.27. The van der Waals surface area contributed by atoms with Crippen molar-refractivity contribution < 1.29 is 4.79 Å². The van der Waals surface area contributed by atoms with Gasteiger partial charge in [0.15, 0.2) is 0 Å². The highest BCUT2D eigenvalue weighted by atomic mass is 32.1. The van der Waals surface area contributed by atoms with E-state index in [2.05, 4.69) is 19.8 Å². The molecule has 0 saturated carbocycles. The Kier molecular flexibility index (Phi) is 4.99. The highest BCUT2D eigenvalue weighted by Crippen LogP contribution is 2.23. The SMILES string of the molecule is Cc1cc(N2CCN(C(=O)c3sc(C)nc3C)CC2)nc(N2CCCC2)n1. The van der Waals surface area contributed by atoms with Gasteiger partial charge in [-0.3, -0.25) is 4.79 Å². The minimum absolute atomic E-state index is 0.106. The van der Waals surface area contributed by atoms with Crippen LogP contribution in [0.5, 0.6) is 0 Å². The number of aryl methyl sites for hydroxylation is 3. The molecule has 2 saturated heterocycles. The summed E-state index contributed by atoms with van der Waals surface area (Å²) in [7, 11) is 0. The second-order valence-electron chi connectivity index (χ2n) is 7.29. The van der Waals surface area contributed by atoms with Crippen LogP contribution in [0.3, 0.4) is 0 Å². The Balaban J connectivity index is 1.44. The first-order chi connectivity index (χ1) is 13.0. The summed E-state index contributed by atoms with van der Waals surface area (Å²) in [5.41, 5.74) is 1.84. The van der Waals surface area contributed by atoms with Crippen LogP contribution in [0, 0.1) is 20.8 Å². The van der Waals surface area contributed by atoms with Gasteiger partial charge in [0.25, 0.3) is 5.91 Å². The van der Waals surface area contributed by atoms with Gasteiger partial charge in [-0.1, -0.05) is 0 Å². The fraction of sp³-hybridized carbons (Fsp3) is 0.579. The van der Waals surface area contributed by atoms with E-state index < -0.39 is 0 Å². The van der Waals surface area contributed by atoms with E-state index in [4.69, 9.17) is 4.98 Å². The summed E-state index contributed by atoms with van der Waals surface area (Å²) in [5.74, 6) is 1.92. The average Bonchev–Trinajstić information content (AvgIpc) is 3.30. The molecule has 0 N–H and O–H groups in total. The molecule has 0 spiro atoms. The van der Waals surface area contributed by atoms with Crippen LogP contribution in [-0.2, 0) is 0 Å². The minimum Gasteiger partial charge on any atom is -0.353 e. The third kappa shape index (κ3) is 3.76. The standard InChI is InChI=1S/C19H26N6OS/c1-13-12-16(22-19(20-13)25-6-4-5-7-25)23-8-10-24(11-9-23)18(26)17-14(2)21-15(3)27-17/h12H,4-11H2,1-3H3. The molecule has 0 unspecified atom stereocenters. The van der Waals surface area contributed by atoms with Crippen molar-refractivity contribution in [1.82, 2.24) is 19.9 Å². The number of nitrogens with zero attached hydrogens (tertiary/aromatic N) is 6. The number of piperazine rings is 1. The van der Waals surface area contributed by atoms with E-state index in [1.54, 1.807) is 0 Å². The maximum Gasteiger partial charge on any atom is 0.265 e. The molecule has 0 radical (unpaired) electrons. The number of carbonyl (C=O) groups excluding carboxylic acids is 1. The maximum atomic E-state index is 12.8. The Morgan fingerprint density at radius 1 is 0.926 bits per heavy atom. The van der Waals surface area contributed by atoms with Crippen LogP contribution in [0.15, 0.2) is 6.07 Å². The molecule has 27 heavy (non-hydrogen) atoms. The smallest absolute Gasteiger partial charge is 0.265 e. The van der Waals surface area contributed by atoms with Crippen LogP contribution in [0.1, 0.15) is 38.9 Å². The summed E-state index contributed by atoms with van der Waals surface area (Å²) < 4.78 is 0. The molecule has 0 aromatic carbocycles. The lowest BCUT2D eigenvalue weighted by molar-refractivity contribution is 0.0750. The maximum absolute atomic E-state index is 12.8. The van der Waals surface area contributed by atoms with Gasteiger partial charge in [0, 0.05) is 51.0 Å². The lowest BCUT2D eigenvalue weighted by Gasteiger charge is -2.35. The van der Waals surface area contributed by atoms with Gasteiger partial charge in [0.2, 0.25) is 5.95 Å². The van der Waals surface area contributed by atoms with Crippen molar-refractivity contribution in [1.29, 1.82) is 0 Å². The number of thiazole rings is 1. The zero-order chi connectivity index (χ0) is 19.0. The summed E-state index contributed by atoms with van der Waals surface area (Å²) in [6.45, 7) is 11.0. The van der Waals surface area contributed by atoms with Crippen LogP contribution >= 0.6 is 11.3 Å². The molecule has 2 aliphatic rings. The van der Waals surface area contributed by atoms with Gasteiger partial charge in [-0.15, -0.1) is 11.3 Å². The van der Waals surface area contributed by atoms with Gasteiger partial charge < -0.3 is 14.7 Å². The second kappa shape index (κ2) is 7.42.